The normalized spacial score (nSPS) is 11.3. The summed E-state index contributed by atoms with van der Waals surface area (Å²) in [6, 6.07) is 78.1. The second-order valence-electron chi connectivity index (χ2n) is 14.0. The molecule has 0 saturated heterocycles. The van der Waals surface area contributed by atoms with Crippen LogP contribution in [0.3, 0.4) is 0 Å². The first-order valence-electron chi connectivity index (χ1n) is 18.8. The number of hydrogen-bond donors (Lipinski definition) is 0. The molecule has 0 bridgehead atoms. The molecule has 0 aliphatic rings. The van der Waals surface area contributed by atoms with Crippen molar-refractivity contribution in [3.8, 4) is 72.7 Å². The highest BCUT2D eigenvalue weighted by Gasteiger charge is 2.14. The van der Waals surface area contributed by atoms with Gasteiger partial charge in [-0.05, 0) is 87.0 Å². The summed E-state index contributed by atoms with van der Waals surface area (Å²) >= 11 is 0. The first-order chi connectivity index (χ1) is 27.2. The van der Waals surface area contributed by atoms with Crippen LogP contribution in [0.15, 0.2) is 218 Å². The largest absolute Gasteiger partial charge is 0.309 e. The van der Waals surface area contributed by atoms with Gasteiger partial charge in [0.25, 0.3) is 0 Å². The molecule has 8 aromatic carbocycles. The highest BCUT2D eigenvalue weighted by atomic mass is 15.0. The molecule has 0 fully saturated rings. The molecule has 2 aromatic heterocycles. The molecule has 0 saturated carbocycles. The summed E-state index contributed by atoms with van der Waals surface area (Å²) in [6.07, 6.45) is 0. The van der Waals surface area contributed by atoms with Gasteiger partial charge >= 0.3 is 0 Å². The maximum absolute atomic E-state index is 5.31. The molecule has 0 spiro atoms. The zero-order valence-electron chi connectivity index (χ0n) is 30.2. The molecule has 0 radical (unpaired) electrons. The van der Waals surface area contributed by atoms with Crippen LogP contribution in [0.25, 0.3) is 94.5 Å². The third-order valence-corrected chi connectivity index (χ3v) is 10.6. The molecule has 0 unspecified atom stereocenters. The SMILES string of the molecule is c1ccc(-c2ccc(-c3cc(-c4cccc(-n5c6ccccc6c6ccccc65)c4)cc(-c4ccc(-c5cccc(-c6ccccc6)c5)cc4)n3)cc2)cc1. The second kappa shape index (κ2) is 13.9. The van der Waals surface area contributed by atoms with Crippen LogP contribution in [0.5, 0.6) is 0 Å². The average molecular weight is 701 g/mol. The van der Waals surface area contributed by atoms with Crippen LogP contribution in [0.4, 0.5) is 0 Å². The second-order valence-corrected chi connectivity index (χ2v) is 14.0. The minimum absolute atomic E-state index is 0.937. The van der Waals surface area contributed by atoms with E-state index in [0.717, 1.165) is 39.3 Å². The van der Waals surface area contributed by atoms with Crippen molar-refractivity contribution in [2.75, 3.05) is 0 Å². The lowest BCUT2D eigenvalue weighted by atomic mass is 9.96. The number of hydrogen-bond acceptors (Lipinski definition) is 1. The molecular formula is C53H36N2. The van der Waals surface area contributed by atoms with Gasteiger partial charge in [0.15, 0.2) is 0 Å². The van der Waals surface area contributed by atoms with Gasteiger partial charge in [-0.3, -0.25) is 0 Å². The standard InChI is InChI=1S/C53H36N2/c1-3-13-37(14-4-1)39-25-29-41(30-26-39)50-35-46(45-19-12-20-47(34-45)55-52-23-9-7-21-48(52)49-22-8-10-24-53(49)55)36-51(54-50)42-31-27-40(28-32-42)44-18-11-17-43(33-44)38-15-5-2-6-16-38/h1-36H. The fourth-order valence-corrected chi connectivity index (χ4v) is 7.82. The molecule has 258 valence electrons. The molecule has 0 amide bonds. The van der Waals surface area contributed by atoms with Crippen LogP contribution < -0.4 is 0 Å². The molecule has 10 rings (SSSR count). The lowest BCUT2D eigenvalue weighted by molar-refractivity contribution is 1.18. The molecule has 55 heavy (non-hydrogen) atoms. The summed E-state index contributed by atoms with van der Waals surface area (Å²) in [5, 5.41) is 2.51. The van der Waals surface area contributed by atoms with Crippen molar-refractivity contribution in [2.24, 2.45) is 0 Å². The van der Waals surface area contributed by atoms with Crippen LogP contribution in [-0.2, 0) is 0 Å². The van der Waals surface area contributed by atoms with E-state index in [4.69, 9.17) is 4.98 Å². The van der Waals surface area contributed by atoms with Crippen LogP contribution in [0.2, 0.25) is 0 Å². The predicted molar refractivity (Wildman–Crippen MR) is 231 cm³/mol. The number of nitrogens with zero attached hydrogens (tertiary/aromatic N) is 2. The monoisotopic (exact) mass is 700 g/mol. The Labute approximate surface area is 321 Å². The van der Waals surface area contributed by atoms with Gasteiger partial charge in [-0.2, -0.15) is 0 Å². The third kappa shape index (κ3) is 6.20. The first kappa shape index (κ1) is 32.4. The van der Waals surface area contributed by atoms with E-state index < -0.39 is 0 Å². The molecule has 0 aliphatic carbocycles. The van der Waals surface area contributed by atoms with Gasteiger partial charge in [0.1, 0.15) is 0 Å². The topological polar surface area (TPSA) is 17.8 Å². The van der Waals surface area contributed by atoms with Crippen molar-refractivity contribution in [1.82, 2.24) is 9.55 Å². The van der Waals surface area contributed by atoms with Crippen LogP contribution >= 0.6 is 0 Å². The molecular weight excluding hydrogens is 665 g/mol. The number of aromatic nitrogens is 2. The van der Waals surface area contributed by atoms with Crippen LogP contribution in [0.1, 0.15) is 0 Å². The zero-order valence-corrected chi connectivity index (χ0v) is 30.2. The van der Waals surface area contributed by atoms with Gasteiger partial charge in [0.05, 0.1) is 22.4 Å². The summed E-state index contributed by atoms with van der Waals surface area (Å²) < 4.78 is 2.38. The van der Waals surface area contributed by atoms with Gasteiger partial charge in [-0.15, -0.1) is 0 Å². The maximum Gasteiger partial charge on any atom is 0.0715 e. The van der Waals surface area contributed by atoms with Crippen molar-refractivity contribution in [1.29, 1.82) is 0 Å². The van der Waals surface area contributed by atoms with Crippen molar-refractivity contribution in [3.05, 3.63) is 218 Å². The predicted octanol–water partition coefficient (Wildman–Crippen LogP) is 14.2. The number of pyridine rings is 1. The van der Waals surface area contributed by atoms with E-state index in [1.807, 2.05) is 0 Å². The summed E-state index contributed by atoms with van der Waals surface area (Å²) in [6.45, 7) is 0. The zero-order chi connectivity index (χ0) is 36.6. The quantitative estimate of drug-likeness (QED) is 0.162. The van der Waals surface area contributed by atoms with Gasteiger partial charge in [-0.1, -0.05) is 176 Å². The number of para-hydroxylation sites is 2. The van der Waals surface area contributed by atoms with E-state index >= 15 is 0 Å². The summed E-state index contributed by atoms with van der Waals surface area (Å²) in [5.74, 6) is 0. The fourth-order valence-electron chi connectivity index (χ4n) is 7.82. The van der Waals surface area contributed by atoms with E-state index in [1.54, 1.807) is 0 Å². The number of benzene rings is 8. The van der Waals surface area contributed by atoms with E-state index in [1.165, 1.54) is 55.2 Å². The van der Waals surface area contributed by atoms with Gasteiger partial charge < -0.3 is 4.57 Å². The Hall–Kier alpha value is -7.29. The first-order valence-corrected chi connectivity index (χ1v) is 18.8. The van der Waals surface area contributed by atoms with E-state index in [9.17, 15) is 0 Å². The minimum Gasteiger partial charge on any atom is -0.309 e. The number of fused-ring (bicyclic) bond motifs is 3. The lowest BCUT2D eigenvalue weighted by Gasteiger charge is -2.14. The fraction of sp³-hybridized carbons (Fsp3) is 0. The summed E-state index contributed by atoms with van der Waals surface area (Å²) in [7, 11) is 0. The molecule has 2 heteroatoms. The Morgan fingerprint density at radius 3 is 1.18 bits per heavy atom. The highest BCUT2D eigenvalue weighted by molar-refractivity contribution is 6.09. The molecule has 0 aliphatic heterocycles. The number of rotatable bonds is 7. The Morgan fingerprint density at radius 2 is 0.636 bits per heavy atom. The molecule has 0 atom stereocenters. The molecule has 0 N–H and O–H groups in total. The average Bonchev–Trinajstić information content (AvgIpc) is 3.61. The molecule has 2 heterocycles. The highest BCUT2D eigenvalue weighted by Crippen LogP contribution is 2.36. The van der Waals surface area contributed by atoms with Crippen LogP contribution in [-0.4, -0.2) is 9.55 Å². The van der Waals surface area contributed by atoms with Crippen molar-refractivity contribution < 1.29 is 0 Å². The molecule has 2 nitrogen and oxygen atoms in total. The smallest absolute Gasteiger partial charge is 0.0715 e. The van der Waals surface area contributed by atoms with Crippen LogP contribution in [0, 0.1) is 0 Å². The maximum atomic E-state index is 5.31. The summed E-state index contributed by atoms with van der Waals surface area (Å²) in [4.78, 5) is 5.31. The lowest BCUT2D eigenvalue weighted by Crippen LogP contribution is -1.95. The third-order valence-electron chi connectivity index (χ3n) is 10.6. The van der Waals surface area contributed by atoms with Crippen molar-refractivity contribution in [3.63, 3.8) is 0 Å². The van der Waals surface area contributed by atoms with Gasteiger partial charge in [-0.25, -0.2) is 4.98 Å². The Kier molecular flexibility index (Phi) is 8.20. The van der Waals surface area contributed by atoms with Gasteiger partial charge in [0, 0.05) is 27.6 Å². The Bertz CT molecular complexity index is 2890. The minimum atomic E-state index is 0.937. The van der Waals surface area contributed by atoms with Gasteiger partial charge in [0.2, 0.25) is 0 Å². The Morgan fingerprint density at radius 1 is 0.255 bits per heavy atom. The summed E-state index contributed by atoms with van der Waals surface area (Å²) in [5.41, 5.74) is 17.0. The van der Waals surface area contributed by atoms with E-state index in [0.29, 0.717) is 0 Å². The van der Waals surface area contributed by atoms with Crippen molar-refractivity contribution >= 4 is 21.8 Å². The molecule has 10 aromatic rings. The van der Waals surface area contributed by atoms with Crippen molar-refractivity contribution in [2.45, 2.75) is 0 Å². The Balaban J connectivity index is 1.07. The van der Waals surface area contributed by atoms with E-state index in [2.05, 4.69) is 223 Å². The van der Waals surface area contributed by atoms with E-state index in [-0.39, 0.29) is 0 Å².